The van der Waals surface area contributed by atoms with Crippen molar-refractivity contribution in [3.63, 3.8) is 0 Å². The van der Waals surface area contributed by atoms with Crippen LogP contribution in [0.2, 0.25) is 0 Å². The van der Waals surface area contributed by atoms with Crippen molar-refractivity contribution >= 4 is 0 Å². The summed E-state index contributed by atoms with van der Waals surface area (Å²) in [6, 6.07) is 6.76. The van der Waals surface area contributed by atoms with Gasteiger partial charge in [-0.05, 0) is 74.2 Å². The number of rotatable bonds is 6. The van der Waals surface area contributed by atoms with E-state index in [2.05, 4.69) is 41.8 Å². The first-order valence-electron chi connectivity index (χ1n) is 9.81. The van der Waals surface area contributed by atoms with Gasteiger partial charge in [-0.15, -0.1) is 0 Å². The Kier molecular flexibility index (Phi) is 6.50. The lowest BCUT2D eigenvalue weighted by molar-refractivity contribution is 0.106. The number of benzene rings is 1. The Labute approximate surface area is 152 Å². The van der Waals surface area contributed by atoms with Crippen LogP contribution in [0.15, 0.2) is 18.2 Å². The third kappa shape index (κ3) is 4.82. The maximum Gasteiger partial charge on any atom is 0.0475 e. The van der Waals surface area contributed by atoms with E-state index < -0.39 is 0 Å². The van der Waals surface area contributed by atoms with Crippen LogP contribution in [-0.2, 0) is 6.54 Å². The Morgan fingerprint density at radius 1 is 0.920 bits per heavy atom. The fraction of sp³-hybridized carbons (Fsp3) is 0.714. The van der Waals surface area contributed by atoms with Crippen LogP contribution in [0.1, 0.15) is 29.5 Å². The molecule has 0 saturated carbocycles. The molecule has 0 spiro atoms. The van der Waals surface area contributed by atoms with E-state index in [1.807, 2.05) is 0 Å². The molecule has 2 aliphatic heterocycles. The van der Waals surface area contributed by atoms with Gasteiger partial charge in [0.25, 0.3) is 0 Å². The highest BCUT2D eigenvalue weighted by Gasteiger charge is 2.34. The van der Waals surface area contributed by atoms with Crippen LogP contribution >= 0.6 is 0 Å². The average molecular weight is 347 g/mol. The summed E-state index contributed by atoms with van der Waals surface area (Å²) in [7, 11) is 0. The van der Waals surface area contributed by atoms with Crippen molar-refractivity contribution in [1.82, 2.24) is 9.80 Å². The van der Waals surface area contributed by atoms with E-state index >= 15 is 0 Å². The van der Waals surface area contributed by atoms with E-state index in [1.165, 1.54) is 16.7 Å². The number of piperidine rings is 1. The smallest absolute Gasteiger partial charge is 0.0475 e. The Balaban J connectivity index is 1.54. The molecule has 0 bridgehead atoms. The molecular formula is C21H34N2O2. The normalized spacial score (nSPS) is 26.4. The molecule has 1 aromatic carbocycles. The number of likely N-dealkylation sites (tertiary alicyclic amines) is 2. The minimum absolute atomic E-state index is 0.293. The van der Waals surface area contributed by atoms with Gasteiger partial charge in [0, 0.05) is 39.4 Å². The molecule has 2 N–H and O–H groups in total. The second-order valence-electron chi connectivity index (χ2n) is 8.24. The van der Waals surface area contributed by atoms with Crippen molar-refractivity contribution < 1.29 is 10.2 Å². The second kappa shape index (κ2) is 8.63. The van der Waals surface area contributed by atoms with Gasteiger partial charge in [0.2, 0.25) is 0 Å². The van der Waals surface area contributed by atoms with Gasteiger partial charge in [-0.2, -0.15) is 0 Å². The predicted octanol–water partition coefficient (Wildman–Crippen LogP) is 2.05. The van der Waals surface area contributed by atoms with Gasteiger partial charge in [-0.25, -0.2) is 0 Å². The van der Waals surface area contributed by atoms with Crippen molar-refractivity contribution in [2.24, 2.45) is 17.8 Å². The summed E-state index contributed by atoms with van der Waals surface area (Å²) in [6.07, 6.45) is 2.22. The topological polar surface area (TPSA) is 46.9 Å². The lowest BCUT2D eigenvalue weighted by Crippen LogP contribution is -2.40. The number of nitrogens with zero attached hydrogens (tertiary/aromatic N) is 2. The van der Waals surface area contributed by atoms with E-state index in [1.54, 1.807) is 0 Å². The first-order valence-corrected chi connectivity index (χ1v) is 9.81. The molecule has 3 rings (SSSR count). The van der Waals surface area contributed by atoms with E-state index in [0.29, 0.717) is 31.0 Å². The number of hydrogen-bond donors (Lipinski definition) is 2. The summed E-state index contributed by atoms with van der Waals surface area (Å²) < 4.78 is 0. The molecule has 0 aromatic heterocycles. The summed E-state index contributed by atoms with van der Waals surface area (Å²) in [5, 5.41) is 19.1. The average Bonchev–Trinajstić information content (AvgIpc) is 3.00. The van der Waals surface area contributed by atoms with Gasteiger partial charge < -0.3 is 15.1 Å². The highest BCUT2D eigenvalue weighted by molar-refractivity contribution is 5.29. The van der Waals surface area contributed by atoms with Crippen LogP contribution in [0.4, 0.5) is 0 Å². The summed E-state index contributed by atoms with van der Waals surface area (Å²) >= 11 is 0. The van der Waals surface area contributed by atoms with Crippen LogP contribution in [-0.4, -0.2) is 66.0 Å². The molecule has 1 aromatic rings. The summed E-state index contributed by atoms with van der Waals surface area (Å²) in [4.78, 5) is 5.05. The SMILES string of the molecule is Cc1ccc(CN2C[C@@H](CN3CCC(CO)CC3)[C@@H](CO)C2)cc1C. The van der Waals surface area contributed by atoms with Crippen LogP contribution in [0, 0.1) is 31.6 Å². The Hall–Kier alpha value is -0.940. The molecule has 0 aliphatic carbocycles. The van der Waals surface area contributed by atoms with E-state index in [4.69, 9.17) is 0 Å². The molecule has 4 nitrogen and oxygen atoms in total. The zero-order valence-corrected chi connectivity index (χ0v) is 15.8. The minimum Gasteiger partial charge on any atom is -0.396 e. The largest absolute Gasteiger partial charge is 0.396 e. The fourth-order valence-corrected chi connectivity index (χ4v) is 4.42. The van der Waals surface area contributed by atoms with Gasteiger partial charge >= 0.3 is 0 Å². The number of aliphatic hydroxyl groups is 2. The standard InChI is InChI=1S/C21H34N2O2/c1-16-3-4-19(9-17(16)2)10-23-12-20(21(13-23)15-25)11-22-7-5-18(14-24)6-8-22/h3-4,9,18,20-21,24-25H,5-8,10-15H2,1-2H3/t20-,21-/m1/s1. The molecule has 0 unspecified atom stereocenters. The monoisotopic (exact) mass is 346 g/mol. The first-order chi connectivity index (χ1) is 12.1. The quantitative estimate of drug-likeness (QED) is 0.828. The van der Waals surface area contributed by atoms with E-state index in [-0.39, 0.29) is 0 Å². The van der Waals surface area contributed by atoms with E-state index in [0.717, 1.165) is 52.1 Å². The first kappa shape index (κ1) is 18.8. The molecule has 2 atom stereocenters. The van der Waals surface area contributed by atoms with Gasteiger partial charge in [0.15, 0.2) is 0 Å². The Morgan fingerprint density at radius 3 is 2.28 bits per heavy atom. The molecule has 2 fully saturated rings. The maximum absolute atomic E-state index is 9.83. The van der Waals surface area contributed by atoms with Crippen molar-refractivity contribution in [3.05, 3.63) is 34.9 Å². The summed E-state index contributed by atoms with van der Waals surface area (Å²) in [6.45, 7) is 11.3. The molecule has 0 radical (unpaired) electrons. The molecule has 4 heteroatoms. The van der Waals surface area contributed by atoms with Gasteiger partial charge in [-0.1, -0.05) is 18.2 Å². The molecule has 0 amide bonds. The van der Waals surface area contributed by atoms with Crippen molar-refractivity contribution in [2.75, 3.05) is 45.9 Å². The predicted molar refractivity (Wildman–Crippen MR) is 102 cm³/mol. The molecule has 25 heavy (non-hydrogen) atoms. The summed E-state index contributed by atoms with van der Waals surface area (Å²) in [5.74, 6) is 1.44. The molecule has 2 saturated heterocycles. The highest BCUT2D eigenvalue weighted by atomic mass is 16.3. The number of aliphatic hydroxyl groups excluding tert-OH is 2. The van der Waals surface area contributed by atoms with Crippen LogP contribution in [0.3, 0.4) is 0 Å². The molecule has 140 valence electrons. The maximum atomic E-state index is 9.83. The van der Waals surface area contributed by atoms with Gasteiger partial charge in [-0.3, -0.25) is 4.90 Å². The fourth-order valence-electron chi connectivity index (χ4n) is 4.42. The molecule has 2 heterocycles. The van der Waals surface area contributed by atoms with Crippen molar-refractivity contribution in [1.29, 1.82) is 0 Å². The van der Waals surface area contributed by atoms with Crippen LogP contribution < -0.4 is 0 Å². The third-order valence-corrected chi connectivity index (χ3v) is 6.32. The van der Waals surface area contributed by atoms with Crippen molar-refractivity contribution in [2.45, 2.75) is 33.2 Å². The van der Waals surface area contributed by atoms with Crippen molar-refractivity contribution in [3.8, 4) is 0 Å². The molecular weight excluding hydrogens is 312 g/mol. The Bertz CT molecular complexity index is 555. The van der Waals surface area contributed by atoms with E-state index in [9.17, 15) is 10.2 Å². The number of hydrogen-bond acceptors (Lipinski definition) is 4. The lowest BCUT2D eigenvalue weighted by atomic mass is 9.93. The lowest BCUT2D eigenvalue weighted by Gasteiger charge is -2.33. The Morgan fingerprint density at radius 2 is 1.64 bits per heavy atom. The zero-order chi connectivity index (χ0) is 17.8. The second-order valence-corrected chi connectivity index (χ2v) is 8.24. The van der Waals surface area contributed by atoms with Gasteiger partial charge in [0.05, 0.1) is 0 Å². The summed E-state index contributed by atoms with van der Waals surface area (Å²) in [5.41, 5.74) is 4.09. The molecule has 2 aliphatic rings. The number of aryl methyl sites for hydroxylation is 2. The van der Waals surface area contributed by atoms with Crippen LogP contribution in [0.5, 0.6) is 0 Å². The zero-order valence-electron chi connectivity index (χ0n) is 15.8. The minimum atomic E-state index is 0.293. The van der Waals surface area contributed by atoms with Gasteiger partial charge in [0.1, 0.15) is 0 Å². The third-order valence-electron chi connectivity index (χ3n) is 6.32. The van der Waals surface area contributed by atoms with Crippen LogP contribution in [0.25, 0.3) is 0 Å². The highest BCUT2D eigenvalue weighted by Crippen LogP contribution is 2.27.